The number of non-ortho nitro benzene ring substituents is 1. The van der Waals surface area contributed by atoms with Gasteiger partial charge in [-0.15, -0.1) is 0 Å². The van der Waals surface area contributed by atoms with E-state index in [-0.39, 0.29) is 17.2 Å². The van der Waals surface area contributed by atoms with Crippen molar-refractivity contribution in [1.29, 1.82) is 0 Å². The second kappa shape index (κ2) is 9.96. The Bertz CT molecular complexity index is 1130. The number of carbonyl (C=O) groups excluding carboxylic acids is 3. The fraction of sp³-hybridized carbons (Fsp3) is 0.190. The molecule has 32 heavy (non-hydrogen) atoms. The number of esters is 1. The van der Waals surface area contributed by atoms with Crippen LogP contribution in [0.3, 0.4) is 0 Å². The van der Waals surface area contributed by atoms with E-state index >= 15 is 0 Å². The lowest BCUT2D eigenvalue weighted by Crippen LogP contribution is -2.42. The molecule has 1 saturated heterocycles. The van der Waals surface area contributed by atoms with E-state index in [0.29, 0.717) is 21.3 Å². The second-order valence-electron chi connectivity index (χ2n) is 6.66. The molecule has 0 aliphatic carbocycles. The van der Waals surface area contributed by atoms with E-state index in [4.69, 9.17) is 4.74 Å². The fourth-order valence-corrected chi connectivity index (χ4v) is 4.31. The summed E-state index contributed by atoms with van der Waals surface area (Å²) in [4.78, 5) is 48.0. The number of rotatable bonds is 7. The Morgan fingerprint density at radius 3 is 2.69 bits per heavy atom. The number of thioether (sulfide) groups is 1. The molecule has 1 aliphatic rings. The molecule has 0 saturated carbocycles. The lowest BCUT2D eigenvalue weighted by atomic mass is 10.2. The molecule has 166 valence electrons. The van der Waals surface area contributed by atoms with Crippen molar-refractivity contribution in [1.82, 2.24) is 4.90 Å². The highest BCUT2D eigenvalue weighted by Crippen LogP contribution is 2.35. The number of nitro groups is 1. The average Bonchev–Trinajstić information content (AvgIpc) is 3.04. The minimum absolute atomic E-state index is 0.0176. The van der Waals surface area contributed by atoms with Crippen LogP contribution in [0, 0.1) is 10.1 Å². The first kappa shape index (κ1) is 23.5. The molecule has 2 aromatic carbocycles. The number of hydrogen-bond donors (Lipinski definition) is 0. The number of hydrogen-bond acceptors (Lipinski definition) is 8. The third-order valence-corrected chi connectivity index (χ3v) is 6.03. The second-order valence-corrected chi connectivity index (χ2v) is 8.50. The topological polar surface area (TPSA) is 116 Å². The van der Waals surface area contributed by atoms with Gasteiger partial charge in [0.2, 0.25) is 0 Å². The van der Waals surface area contributed by atoms with Crippen molar-refractivity contribution in [3.8, 4) is 5.75 Å². The van der Waals surface area contributed by atoms with Gasteiger partial charge >= 0.3 is 5.97 Å². The van der Waals surface area contributed by atoms with Crippen LogP contribution < -0.4 is 4.74 Å². The summed E-state index contributed by atoms with van der Waals surface area (Å²) < 4.78 is 10.9. The molecule has 0 radical (unpaired) electrons. The van der Waals surface area contributed by atoms with Crippen molar-refractivity contribution in [2.24, 2.45) is 0 Å². The van der Waals surface area contributed by atoms with Crippen LogP contribution in [0.5, 0.6) is 5.75 Å². The summed E-state index contributed by atoms with van der Waals surface area (Å²) in [6.45, 7) is 1.55. The first-order valence-electron chi connectivity index (χ1n) is 9.22. The highest BCUT2D eigenvalue weighted by atomic mass is 79.9. The zero-order valence-corrected chi connectivity index (χ0v) is 19.3. The number of ether oxygens (including phenoxy) is 2. The first-order chi connectivity index (χ1) is 15.2. The van der Waals surface area contributed by atoms with Crippen LogP contribution in [0.4, 0.5) is 10.5 Å². The van der Waals surface area contributed by atoms with Gasteiger partial charge in [-0.3, -0.25) is 24.6 Å². The van der Waals surface area contributed by atoms with Crippen molar-refractivity contribution >= 4 is 56.6 Å². The van der Waals surface area contributed by atoms with Crippen LogP contribution >= 0.6 is 27.7 Å². The zero-order valence-electron chi connectivity index (χ0n) is 16.9. The maximum atomic E-state index is 12.6. The van der Waals surface area contributed by atoms with Gasteiger partial charge in [-0.2, -0.15) is 0 Å². The summed E-state index contributed by atoms with van der Waals surface area (Å²) >= 11 is 4.15. The number of methoxy groups -OCH3 is 1. The Balaban J connectivity index is 1.72. The fourth-order valence-electron chi connectivity index (χ4n) is 2.89. The van der Waals surface area contributed by atoms with Gasteiger partial charge in [0.15, 0.2) is 0 Å². The van der Waals surface area contributed by atoms with E-state index in [1.165, 1.54) is 26.2 Å². The molecule has 2 amide bonds. The van der Waals surface area contributed by atoms with Gasteiger partial charge in [0.05, 0.1) is 21.4 Å². The molecule has 1 fully saturated rings. The average molecular weight is 521 g/mol. The van der Waals surface area contributed by atoms with Crippen molar-refractivity contribution in [3.63, 3.8) is 0 Å². The van der Waals surface area contributed by atoms with Crippen molar-refractivity contribution < 1.29 is 28.8 Å². The Morgan fingerprint density at radius 1 is 1.28 bits per heavy atom. The van der Waals surface area contributed by atoms with Crippen LogP contribution in [0.15, 0.2) is 51.8 Å². The Hall–Kier alpha value is -3.18. The van der Waals surface area contributed by atoms with Crippen molar-refractivity contribution in [2.75, 3.05) is 7.11 Å². The summed E-state index contributed by atoms with van der Waals surface area (Å²) in [5.74, 6) is -0.748. The van der Waals surface area contributed by atoms with E-state index in [1.807, 2.05) is 0 Å². The van der Waals surface area contributed by atoms with Crippen LogP contribution in [0.2, 0.25) is 0 Å². The van der Waals surface area contributed by atoms with Crippen molar-refractivity contribution in [3.05, 3.63) is 73.1 Å². The van der Waals surface area contributed by atoms with Gasteiger partial charge in [-0.05, 0) is 64.0 Å². The third-order valence-electron chi connectivity index (χ3n) is 4.52. The number of halogens is 1. The number of amides is 2. The van der Waals surface area contributed by atoms with Crippen LogP contribution in [0.25, 0.3) is 6.08 Å². The highest BCUT2D eigenvalue weighted by molar-refractivity contribution is 9.10. The number of carbonyl (C=O) groups is 3. The van der Waals surface area contributed by atoms with Gasteiger partial charge in [0.25, 0.3) is 16.8 Å². The number of imide groups is 1. The maximum absolute atomic E-state index is 12.6. The van der Waals surface area contributed by atoms with E-state index in [9.17, 15) is 24.5 Å². The predicted octanol–water partition coefficient (Wildman–Crippen LogP) is 4.53. The molecule has 11 heteroatoms. The molecule has 0 spiro atoms. The molecule has 9 nitrogen and oxygen atoms in total. The largest absolute Gasteiger partial charge is 0.488 e. The third kappa shape index (κ3) is 5.17. The molecule has 1 heterocycles. The molecule has 0 N–H and O–H groups in total. The van der Waals surface area contributed by atoms with Gasteiger partial charge in [-0.25, -0.2) is 4.79 Å². The smallest absolute Gasteiger partial charge is 0.328 e. The van der Waals surface area contributed by atoms with Gasteiger partial charge in [0.1, 0.15) is 18.4 Å². The molecular weight excluding hydrogens is 504 g/mol. The minimum atomic E-state index is -1.02. The van der Waals surface area contributed by atoms with E-state index < -0.39 is 28.1 Å². The van der Waals surface area contributed by atoms with Crippen LogP contribution in [-0.4, -0.2) is 40.1 Å². The summed E-state index contributed by atoms with van der Waals surface area (Å²) in [6, 6.07) is 10.2. The SMILES string of the molecule is COC(=O)[C@@H](C)N1C(=O)S/C(=C/c2ccc(OCc3cccc([N+](=O)[O-])c3)c(Br)c2)C1=O. The molecule has 0 aromatic heterocycles. The van der Waals surface area contributed by atoms with Gasteiger partial charge in [0, 0.05) is 12.1 Å². The zero-order chi connectivity index (χ0) is 23.4. The summed E-state index contributed by atoms with van der Waals surface area (Å²) in [6.07, 6.45) is 1.55. The van der Waals surface area contributed by atoms with Gasteiger partial charge in [-0.1, -0.05) is 18.2 Å². The summed E-state index contributed by atoms with van der Waals surface area (Å²) in [7, 11) is 1.19. The first-order valence-corrected chi connectivity index (χ1v) is 10.8. The number of benzene rings is 2. The Morgan fingerprint density at radius 2 is 2.03 bits per heavy atom. The maximum Gasteiger partial charge on any atom is 0.328 e. The van der Waals surface area contributed by atoms with Gasteiger partial charge < -0.3 is 9.47 Å². The Labute approximate surface area is 195 Å². The molecule has 1 aliphatic heterocycles. The molecule has 1 atom stereocenters. The van der Waals surface area contributed by atoms with E-state index in [0.717, 1.165) is 16.7 Å². The highest BCUT2D eigenvalue weighted by Gasteiger charge is 2.41. The quantitative estimate of drug-likeness (QED) is 0.226. The molecule has 0 bridgehead atoms. The van der Waals surface area contributed by atoms with E-state index in [1.54, 1.807) is 36.4 Å². The van der Waals surface area contributed by atoms with E-state index in [2.05, 4.69) is 20.7 Å². The van der Waals surface area contributed by atoms with Crippen molar-refractivity contribution in [2.45, 2.75) is 19.6 Å². The van der Waals surface area contributed by atoms with Crippen LogP contribution in [-0.2, 0) is 20.9 Å². The summed E-state index contributed by atoms with van der Waals surface area (Å²) in [5.41, 5.74) is 1.26. The number of nitrogens with zero attached hydrogens (tertiary/aromatic N) is 2. The molecule has 2 aromatic rings. The number of nitro benzene ring substituents is 1. The minimum Gasteiger partial charge on any atom is -0.488 e. The lowest BCUT2D eigenvalue weighted by molar-refractivity contribution is -0.384. The summed E-state index contributed by atoms with van der Waals surface area (Å²) in [5, 5.41) is 10.3. The molecule has 0 unspecified atom stereocenters. The molecular formula is C21H17BrN2O7S. The monoisotopic (exact) mass is 520 g/mol. The standard InChI is InChI=1S/C21H17BrN2O7S/c1-12(20(26)30-2)23-19(25)18(32-21(23)27)10-13-6-7-17(16(22)9-13)31-11-14-4-3-5-15(8-14)24(28)29/h3-10,12H,11H2,1-2H3/b18-10+/t12-/m1/s1. The molecule has 3 rings (SSSR count). The normalized spacial score (nSPS) is 15.7. The Kier molecular flexibility index (Phi) is 7.31. The predicted molar refractivity (Wildman–Crippen MR) is 121 cm³/mol. The lowest BCUT2D eigenvalue weighted by Gasteiger charge is -2.18. The van der Waals surface area contributed by atoms with Crippen LogP contribution in [0.1, 0.15) is 18.1 Å².